The van der Waals surface area contributed by atoms with E-state index in [1.165, 1.54) is 48.6 Å². The smallest absolute Gasteiger partial charge is 0.169 e. The first kappa shape index (κ1) is 37.1. The second-order valence-corrected chi connectivity index (χ2v) is 15.7. The Hall–Kier alpha value is -4.24. The summed E-state index contributed by atoms with van der Waals surface area (Å²) in [5, 5.41) is 68.0. The van der Waals surface area contributed by atoms with Crippen LogP contribution in [-0.4, -0.2) is 55.0 Å². The molecule has 2 heterocycles. The largest absolute Gasteiger partial charge is 0.507 e. The van der Waals surface area contributed by atoms with Gasteiger partial charge in [-0.25, -0.2) is 0 Å². The summed E-state index contributed by atoms with van der Waals surface area (Å²) in [6, 6.07) is 16.6. The maximum absolute atomic E-state index is 11.4. The molecule has 7 N–H and O–H groups in total. The number of phenolic OH excluding ortho intramolecular Hbond substituents is 5. The Kier molecular flexibility index (Phi) is 11.2. The van der Waals surface area contributed by atoms with Gasteiger partial charge in [0.2, 0.25) is 0 Å². The molecule has 0 radical (unpaired) electrons. The van der Waals surface area contributed by atoms with Crippen LogP contribution in [0.4, 0.5) is 0 Å². The van der Waals surface area contributed by atoms with Crippen molar-refractivity contribution in [2.24, 2.45) is 11.8 Å². The van der Waals surface area contributed by atoms with Crippen LogP contribution in [-0.2, 0) is 30.5 Å². The van der Waals surface area contributed by atoms with Crippen LogP contribution in [0.15, 0.2) is 54.6 Å². The third-order valence-corrected chi connectivity index (χ3v) is 12.5. The molecule has 1 spiro atoms. The van der Waals surface area contributed by atoms with Gasteiger partial charge in [-0.3, -0.25) is 0 Å². The van der Waals surface area contributed by atoms with Gasteiger partial charge < -0.3 is 40.7 Å². The maximum Gasteiger partial charge on any atom is 0.169 e. The minimum Gasteiger partial charge on any atom is -0.507 e. The zero-order valence-electron chi connectivity index (χ0n) is 30.9. The Bertz CT molecular complexity index is 1950. The molecule has 53 heavy (non-hydrogen) atoms. The number of ether oxygens (including phenoxy) is 1. The molecule has 4 aromatic rings. The molecule has 3 fully saturated rings. The summed E-state index contributed by atoms with van der Waals surface area (Å²) in [5.41, 5.74) is 5.45. The highest BCUT2D eigenvalue weighted by atomic mass is 16.5. The summed E-state index contributed by atoms with van der Waals surface area (Å²) >= 11 is 0. The number of hydrogen-bond donors (Lipinski definition) is 7. The quantitative estimate of drug-likeness (QED) is 0.0413. The summed E-state index contributed by atoms with van der Waals surface area (Å²) in [4.78, 5) is 0. The Morgan fingerprint density at radius 1 is 0.811 bits per heavy atom. The monoisotopic (exact) mass is 721 g/mol. The second kappa shape index (κ2) is 16.0. The highest BCUT2D eigenvalue weighted by Crippen LogP contribution is 2.53. The first-order valence-corrected chi connectivity index (χ1v) is 19.7. The Balaban J connectivity index is 1.13. The first-order chi connectivity index (χ1) is 25.7. The van der Waals surface area contributed by atoms with Gasteiger partial charge in [-0.1, -0.05) is 74.7 Å². The van der Waals surface area contributed by atoms with E-state index in [4.69, 9.17) is 4.74 Å². The van der Waals surface area contributed by atoms with Crippen LogP contribution in [0.3, 0.4) is 0 Å². The molecule has 2 aliphatic heterocycles. The average Bonchev–Trinajstić information content (AvgIpc) is 3.15. The van der Waals surface area contributed by atoms with Crippen molar-refractivity contribution >= 4 is 22.9 Å². The number of aliphatic hydroxyl groups excluding tert-OH is 1. The lowest BCUT2D eigenvalue weighted by molar-refractivity contribution is -0.241. The van der Waals surface area contributed by atoms with Crippen molar-refractivity contribution in [2.45, 2.75) is 115 Å². The van der Waals surface area contributed by atoms with Gasteiger partial charge in [0.1, 0.15) is 5.75 Å². The minimum atomic E-state index is -0.351. The highest BCUT2D eigenvalue weighted by Gasteiger charge is 2.55. The van der Waals surface area contributed by atoms with Crippen LogP contribution in [0.2, 0.25) is 0 Å². The van der Waals surface area contributed by atoms with Crippen LogP contribution in [0, 0.1) is 11.8 Å². The fraction of sp³-hybridized carbons (Fsp3) is 0.467. The molecule has 7 rings (SSSR count). The number of phenols is 5. The lowest BCUT2D eigenvalue weighted by Crippen LogP contribution is -2.62. The number of rotatable bonds is 13. The molecule has 0 amide bonds. The number of hydrogen-bond acceptors (Lipinski definition) is 8. The lowest BCUT2D eigenvalue weighted by Gasteiger charge is -2.58. The highest BCUT2D eigenvalue weighted by molar-refractivity contribution is 6.03. The van der Waals surface area contributed by atoms with Gasteiger partial charge >= 0.3 is 0 Å². The van der Waals surface area contributed by atoms with E-state index in [1.807, 2.05) is 12.1 Å². The molecule has 0 aromatic heterocycles. The fourth-order valence-corrected chi connectivity index (χ4v) is 9.67. The molecule has 1 aliphatic carbocycles. The molecule has 2 saturated heterocycles. The van der Waals surface area contributed by atoms with E-state index < -0.39 is 0 Å². The van der Waals surface area contributed by atoms with Crippen LogP contribution in [0.5, 0.6) is 28.7 Å². The molecule has 4 aromatic carbocycles. The number of aliphatic hydroxyl groups is 1. The zero-order valence-corrected chi connectivity index (χ0v) is 30.9. The van der Waals surface area contributed by atoms with Gasteiger partial charge in [-0.15, -0.1) is 0 Å². The number of aromatic hydroxyl groups is 5. The molecule has 2 bridgehead atoms. The molecule has 282 valence electrons. The first-order valence-electron chi connectivity index (χ1n) is 19.7. The van der Waals surface area contributed by atoms with E-state index in [0.29, 0.717) is 46.9 Å². The van der Waals surface area contributed by atoms with Gasteiger partial charge in [0.05, 0.1) is 17.1 Å². The maximum atomic E-state index is 11.4. The molecular formula is C45H55NO7. The molecule has 3 aliphatic rings. The van der Waals surface area contributed by atoms with E-state index in [0.717, 1.165) is 63.5 Å². The average molecular weight is 722 g/mol. The van der Waals surface area contributed by atoms with Gasteiger partial charge in [0.25, 0.3) is 0 Å². The second-order valence-electron chi connectivity index (χ2n) is 15.7. The standard InChI is InChI=1S/C45H55NO7/c1-2-3-4-7-30-22-28(12-16-31(30)26-46-34-24-35-18-17-32-8-5-9-33(27-47)45(32,25-34)53-35)14-20-38-36(19-13-29-15-21-39(48)41(50)23-29)37-10-6-11-40(49)42(37)44(52)43(38)51/h6,10-13,15-16,19,21-23,32-35,46-52H,2-5,7-9,14,17-18,20,24-27H2,1H3. The molecule has 5 unspecified atom stereocenters. The summed E-state index contributed by atoms with van der Waals surface area (Å²) in [7, 11) is 0. The molecular weight excluding hydrogens is 666 g/mol. The van der Waals surface area contributed by atoms with Crippen molar-refractivity contribution in [3.8, 4) is 28.7 Å². The zero-order chi connectivity index (χ0) is 37.1. The van der Waals surface area contributed by atoms with E-state index in [9.17, 15) is 30.6 Å². The van der Waals surface area contributed by atoms with Crippen molar-refractivity contribution < 1.29 is 35.4 Å². The number of unbranched alkanes of at least 4 members (excludes halogenated alkanes) is 2. The normalized spacial score (nSPS) is 24.1. The van der Waals surface area contributed by atoms with Crippen molar-refractivity contribution in [3.63, 3.8) is 0 Å². The third-order valence-electron chi connectivity index (χ3n) is 12.5. The lowest BCUT2D eigenvalue weighted by atomic mass is 9.60. The van der Waals surface area contributed by atoms with Gasteiger partial charge in [0.15, 0.2) is 23.0 Å². The third kappa shape index (κ3) is 7.59. The van der Waals surface area contributed by atoms with Crippen molar-refractivity contribution in [1.82, 2.24) is 5.32 Å². The molecule has 5 atom stereocenters. The minimum absolute atomic E-state index is 0.130. The summed E-state index contributed by atoms with van der Waals surface area (Å²) in [6.45, 7) is 3.22. The number of benzene rings is 4. The predicted octanol–water partition coefficient (Wildman–Crippen LogP) is 8.63. The topological polar surface area (TPSA) is 143 Å². The van der Waals surface area contributed by atoms with E-state index in [1.54, 1.807) is 18.2 Å². The van der Waals surface area contributed by atoms with Gasteiger partial charge in [-0.05, 0) is 122 Å². The summed E-state index contributed by atoms with van der Waals surface area (Å²) in [5.74, 6) is -0.420. The predicted molar refractivity (Wildman–Crippen MR) is 209 cm³/mol. The molecule has 8 nitrogen and oxygen atoms in total. The molecule has 8 heteroatoms. The van der Waals surface area contributed by atoms with Crippen molar-refractivity contribution in [3.05, 3.63) is 88.0 Å². The summed E-state index contributed by atoms with van der Waals surface area (Å²) < 4.78 is 6.80. The van der Waals surface area contributed by atoms with Crippen LogP contribution >= 0.6 is 0 Å². The van der Waals surface area contributed by atoms with E-state index >= 15 is 0 Å². The van der Waals surface area contributed by atoms with Crippen LogP contribution < -0.4 is 5.32 Å². The number of nitrogens with one attached hydrogen (secondary N) is 1. The summed E-state index contributed by atoms with van der Waals surface area (Å²) in [6.07, 6.45) is 17.1. The molecule has 1 saturated carbocycles. The Labute approximate surface area is 312 Å². The van der Waals surface area contributed by atoms with E-state index in [-0.39, 0.29) is 58.4 Å². The fourth-order valence-electron chi connectivity index (χ4n) is 9.67. The van der Waals surface area contributed by atoms with E-state index in [2.05, 4.69) is 30.4 Å². The SMILES string of the molecule is CCCCCc1cc(CCc2c(O)c(O)c3c(O)cccc3c2C=Cc2ccc(O)c(O)c2)ccc1CNC1CC2CCC3CCCC(CO)C3(C1)O2. The van der Waals surface area contributed by atoms with Crippen molar-refractivity contribution in [2.75, 3.05) is 6.61 Å². The Morgan fingerprint density at radius 2 is 1.68 bits per heavy atom. The Morgan fingerprint density at radius 3 is 2.49 bits per heavy atom. The number of fused-ring (bicyclic) bond motifs is 2. The van der Waals surface area contributed by atoms with Crippen LogP contribution in [0.25, 0.3) is 22.9 Å². The van der Waals surface area contributed by atoms with Crippen LogP contribution in [0.1, 0.15) is 105 Å². The van der Waals surface area contributed by atoms with Gasteiger partial charge in [0, 0.05) is 30.7 Å². The van der Waals surface area contributed by atoms with Crippen molar-refractivity contribution in [1.29, 1.82) is 0 Å². The number of aryl methyl sites for hydroxylation is 2. The van der Waals surface area contributed by atoms with Gasteiger partial charge in [-0.2, -0.15) is 0 Å².